The van der Waals surface area contributed by atoms with Gasteiger partial charge in [-0.15, -0.1) is 0 Å². The van der Waals surface area contributed by atoms with Crippen LogP contribution < -0.4 is 15.4 Å². The van der Waals surface area contributed by atoms with Gasteiger partial charge in [-0.25, -0.2) is 0 Å². The minimum Gasteiger partial charge on any atom is -0.496 e. The maximum absolute atomic E-state index is 12.6. The first-order valence-electron chi connectivity index (χ1n) is 8.56. The molecular weight excluding hydrogens is 330 g/mol. The first-order valence-corrected chi connectivity index (χ1v) is 8.56. The molecule has 1 aromatic heterocycles. The number of aromatic nitrogens is 1. The van der Waals surface area contributed by atoms with Crippen LogP contribution in [0.3, 0.4) is 0 Å². The predicted molar refractivity (Wildman–Crippen MR) is 99.9 cm³/mol. The molecule has 6 heteroatoms. The van der Waals surface area contributed by atoms with Crippen molar-refractivity contribution in [1.82, 2.24) is 15.6 Å². The number of nitrogens with zero attached hydrogens (tertiary/aromatic N) is 1. The monoisotopic (exact) mass is 355 g/mol. The van der Waals surface area contributed by atoms with Crippen LogP contribution in [-0.4, -0.2) is 29.9 Å². The zero-order valence-corrected chi connectivity index (χ0v) is 15.6. The molecule has 2 N–H and O–H groups in total. The van der Waals surface area contributed by atoms with Crippen molar-refractivity contribution in [1.29, 1.82) is 0 Å². The second-order valence-electron chi connectivity index (χ2n) is 6.38. The van der Waals surface area contributed by atoms with Gasteiger partial charge in [0, 0.05) is 5.69 Å². The van der Waals surface area contributed by atoms with Crippen LogP contribution in [0.15, 0.2) is 42.5 Å². The first-order chi connectivity index (χ1) is 12.4. The Morgan fingerprint density at radius 2 is 1.85 bits per heavy atom. The molecular formula is C20H25N3O3. The van der Waals surface area contributed by atoms with E-state index in [0.717, 1.165) is 11.4 Å². The topological polar surface area (TPSA) is 80.3 Å². The van der Waals surface area contributed by atoms with E-state index in [2.05, 4.69) is 15.6 Å². The highest BCUT2D eigenvalue weighted by atomic mass is 16.5. The first kappa shape index (κ1) is 19.4. The molecule has 0 fully saturated rings. The third-order valence-corrected chi connectivity index (χ3v) is 3.98. The lowest BCUT2D eigenvalue weighted by Crippen LogP contribution is -2.49. The van der Waals surface area contributed by atoms with Gasteiger partial charge in [0.2, 0.25) is 5.91 Å². The van der Waals surface area contributed by atoms with Crippen molar-refractivity contribution in [2.24, 2.45) is 5.92 Å². The molecule has 0 aliphatic heterocycles. The standard InChI is InChI=1S/C20H25N3O3/c1-13(2)18(20(25)21-12-15-9-7-8-14(3)22-15)23-19(24)16-10-5-6-11-17(16)26-4/h5-11,13,18H,12H2,1-4H3,(H,21,25)(H,23,24). The number of hydrogen-bond donors (Lipinski definition) is 2. The van der Waals surface area contributed by atoms with Crippen molar-refractivity contribution >= 4 is 11.8 Å². The quantitative estimate of drug-likeness (QED) is 0.799. The minimum absolute atomic E-state index is 0.0703. The molecule has 1 atom stereocenters. The molecule has 0 radical (unpaired) electrons. The van der Waals surface area contributed by atoms with Gasteiger partial charge in [-0.05, 0) is 37.1 Å². The highest BCUT2D eigenvalue weighted by Gasteiger charge is 2.25. The number of nitrogens with one attached hydrogen (secondary N) is 2. The lowest BCUT2D eigenvalue weighted by atomic mass is 10.0. The molecule has 2 aromatic rings. The molecule has 0 spiro atoms. The predicted octanol–water partition coefficient (Wildman–Crippen LogP) is 2.47. The summed E-state index contributed by atoms with van der Waals surface area (Å²) in [7, 11) is 1.51. The largest absolute Gasteiger partial charge is 0.496 e. The smallest absolute Gasteiger partial charge is 0.255 e. The van der Waals surface area contributed by atoms with Gasteiger partial charge in [0.05, 0.1) is 24.9 Å². The fraction of sp³-hybridized carbons (Fsp3) is 0.350. The van der Waals surface area contributed by atoms with E-state index < -0.39 is 6.04 Å². The molecule has 0 bridgehead atoms. The zero-order valence-electron chi connectivity index (χ0n) is 15.6. The van der Waals surface area contributed by atoms with Crippen molar-refractivity contribution in [2.75, 3.05) is 7.11 Å². The van der Waals surface area contributed by atoms with E-state index in [1.165, 1.54) is 7.11 Å². The molecule has 2 rings (SSSR count). The summed E-state index contributed by atoms with van der Waals surface area (Å²) in [5.41, 5.74) is 2.06. The number of methoxy groups -OCH3 is 1. The van der Waals surface area contributed by atoms with Crippen molar-refractivity contribution in [2.45, 2.75) is 33.4 Å². The van der Waals surface area contributed by atoms with E-state index in [1.807, 2.05) is 39.0 Å². The van der Waals surface area contributed by atoms with Crippen LogP contribution in [0, 0.1) is 12.8 Å². The number of carbonyl (C=O) groups excluding carboxylic acids is 2. The van der Waals surface area contributed by atoms with E-state index in [-0.39, 0.29) is 17.7 Å². The van der Waals surface area contributed by atoms with E-state index >= 15 is 0 Å². The van der Waals surface area contributed by atoms with Crippen LogP contribution in [0.1, 0.15) is 35.6 Å². The van der Waals surface area contributed by atoms with Crippen LogP contribution in [0.4, 0.5) is 0 Å². The molecule has 0 saturated carbocycles. The van der Waals surface area contributed by atoms with E-state index in [0.29, 0.717) is 17.9 Å². The SMILES string of the molecule is COc1ccccc1C(=O)NC(C(=O)NCc1cccc(C)n1)C(C)C. The second kappa shape index (κ2) is 8.99. The second-order valence-corrected chi connectivity index (χ2v) is 6.38. The summed E-state index contributed by atoms with van der Waals surface area (Å²) >= 11 is 0. The number of ether oxygens (including phenoxy) is 1. The number of hydrogen-bond acceptors (Lipinski definition) is 4. The Balaban J connectivity index is 2.05. The Kier molecular flexibility index (Phi) is 6.72. The van der Waals surface area contributed by atoms with Crippen LogP contribution in [0.2, 0.25) is 0 Å². The third-order valence-electron chi connectivity index (χ3n) is 3.98. The van der Waals surface area contributed by atoms with Gasteiger partial charge in [-0.2, -0.15) is 0 Å². The third kappa shape index (κ3) is 5.05. The molecule has 1 heterocycles. The molecule has 26 heavy (non-hydrogen) atoms. The van der Waals surface area contributed by atoms with Crippen LogP contribution in [0.5, 0.6) is 5.75 Å². The summed E-state index contributed by atoms with van der Waals surface area (Å²) in [6.07, 6.45) is 0. The number of pyridine rings is 1. The molecule has 0 saturated heterocycles. The van der Waals surface area contributed by atoms with Gasteiger partial charge in [-0.3, -0.25) is 14.6 Å². The van der Waals surface area contributed by atoms with E-state index in [9.17, 15) is 9.59 Å². The number of benzene rings is 1. The lowest BCUT2D eigenvalue weighted by molar-refractivity contribution is -0.124. The highest BCUT2D eigenvalue weighted by molar-refractivity contribution is 5.99. The van der Waals surface area contributed by atoms with Gasteiger partial charge in [-0.1, -0.05) is 32.0 Å². The summed E-state index contributed by atoms with van der Waals surface area (Å²) in [6, 6.07) is 11.9. The lowest BCUT2D eigenvalue weighted by Gasteiger charge is -2.22. The summed E-state index contributed by atoms with van der Waals surface area (Å²) < 4.78 is 5.22. The Morgan fingerprint density at radius 3 is 2.50 bits per heavy atom. The van der Waals surface area contributed by atoms with Gasteiger partial charge < -0.3 is 15.4 Å². The van der Waals surface area contributed by atoms with Crippen molar-refractivity contribution < 1.29 is 14.3 Å². The van der Waals surface area contributed by atoms with Gasteiger partial charge in [0.25, 0.3) is 5.91 Å². The Hall–Kier alpha value is -2.89. The van der Waals surface area contributed by atoms with E-state index in [4.69, 9.17) is 4.74 Å². The normalized spacial score (nSPS) is 11.7. The summed E-state index contributed by atoms with van der Waals surface area (Å²) in [5, 5.41) is 5.65. The summed E-state index contributed by atoms with van der Waals surface area (Å²) in [4.78, 5) is 29.5. The van der Waals surface area contributed by atoms with Gasteiger partial charge in [0.15, 0.2) is 0 Å². The molecule has 0 aliphatic rings. The molecule has 0 aliphatic carbocycles. The molecule has 1 unspecified atom stereocenters. The fourth-order valence-corrected chi connectivity index (χ4v) is 2.57. The van der Waals surface area contributed by atoms with Crippen LogP contribution in [-0.2, 0) is 11.3 Å². The maximum Gasteiger partial charge on any atom is 0.255 e. The molecule has 1 aromatic carbocycles. The Labute approximate surface area is 154 Å². The minimum atomic E-state index is -0.655. The fourth-order valence-electron chi connectivity index (χ4n) is 2.57. The average molecular weight is 355 g/mol. The van der Waals surface area contributed by atoms with Crippen LogP contribution >= 0.6 is 0 Å². The Morgan fingerprint density at radius 1 is 1.12 bits per heavy atom. The van der Waals surface area contributed by atoms with Crippen LogP contribution in [0.25, 0.3) is 0 Å². The van der Waals surface area contributed by atoms with Gasteiger partial charge >= 0.3 is 0 Å². The number of amides is 2. The summed E-state index contributed by atoms with van der Waals surface area (Å²) in [6.45, 7) is 5.99. The van der Waals surface area contributed by atoms with Crippen molar-refractivity contribution in [3.63, 3.8) is 0 Å². The van der Waals surface area contributed by atoms with Gasteiger partial charge in [0.1, 0.15) is 11.8 Å². The van der Waals surface area contributed by atoms with E-state index in [1.54, 1.807) is 24.3 Å². The van der Waals surface area contributed by atoms with Crippen molar-refractivity contribution in [3.8, 4) is 5.75 Å². The Bertz CT molecular complexity index is 774. The maximum atomic E-state index is 12.6. The van der Waals surface area contributed by atoms with Crippen molar-refractivity contribution in [3.05, 3.63) is 59.4 Å². The highest BCUT2D eigenvalue weighted by Crippen LogP contribution is 2.17. The number of carbonyl (C=O) groups is 2. The molecule has 2 amide bonds. The number of aryl methyl sites for hydroxylation is 1. The molecule has 138 valence electrons. The summed E-state index contributed by atoms with van der Waals surface area (Å²) in [5.74, 6) is -0.187. The number of rotatable bonds is 7. The average Bonchev–Trinajstić information content (AvgIpc) is 2.63. The molecule has 6 nitrogen and oxygen atoms in total. The zero-order chi connectivity index (χ0) is 19.1. The number of para-hydroxylation sites is 1.